The number of rotatable bonds is 8. The Hall–Kier alpha value is -3.41. The Morgan fingerprint density at radius 2 is 1.63 bits per heavy atom. The normalized spacial score (nSPS) is 11.7. The fourth-order valence-corrected chi connectivity index (χ4v) is 2.97. The molecule has 1 aromatic heterocycles. The van der Waals surface area contributed by atoms with E-state index in [0.717, 1.165) is 29.0 Å². The van der Waals surface area contributed by atoms with Crippen LogP contribution in [-0.4, -0.2) is 23.0 Å². The highest BCUT2D eigenvalue weighted by atomic mass is 16.5. The molecule has 0 spiro atoms. The van der Waals surface area contributed by atoms with Crippen LogP contribution in [0.5, 0.6) is 5.75 Å². The molecule has 30 heavy (non-hydrogen) atoms. The summed E-state index contributed by atoms with van der Waals surface area (Å²) >= 11 is 0. The Morgan fingerprint density at radius 1 is 1.00 bits per heavy atom. The van der Waals surface area contributed by atoms with Crippen molar-refractivity contribution in [2.75, 3.05) is 0 Å². The van der Waals surface area contributed by atoms with Crippen LogP contribution in [0, 0.1) is 13.8 Å². The number of hydrogen-bond donors (Lipinski definition) is 0. The highest BCUT2D eigenvalue weighted by Gasteiger charge is 2.20. The molecule has 3 aromatic rings. The van der Waals surface area contributed by atoms with E-state index in [1.807, 2.05) is 32.9 Å². The zero-order valence-electron chi connectivity index (χ0n) is 17.6. The molecular formula is C24H25NO5. The molecule has 1 atom stereocenters. The summed E-state index contributed by atoms with van der Waals surface area (Å²) in [6.07, 6.45) is 0.0251. The summed E-state index contributed by atoms with van der Waals surface area (Å²) in [6, 6.07) is 13.9. The number of aromatic nitrogens is 1. The first-order valence-electron chi connectivity index (χ1n) is 9.87. The van der Waals surface area contributed by atoms with Gasteiger partial charge in [0.1, 0.15) is 18.1 Å². The molecule has 1 heterocycles. The number of benzene rings is 2. The molecule has 6 nitrogen and oxygen atoms in total. The number of carbonyl (C=O) groups is 2. The van der Waals surface area contributed by atoms with Crippen molar-refractivity contribution in [2.45, 2.75) is 46.8 Å². The second kappa shape index (κ2) is 9.39. The Bertz CT molecular complexity index is 999. The van der Waals surface area contributed by atoms with Crippen molar-refractivity contribution in [3.8, 4) is 5.75 Å². The van der Waals surface area contributed by atoms with E-state index in [1.165, 1.54) is 0 Å². The lowest BCUT2D eigenvalue weighted by atomic mass is 10.0. The Labute approximate surface area is 175 Å². The lowest BCUT2D eigenvalue weighted by Gasteiger charge is -2.13. The van der Waals surface area contributed by atoms with Crippen molar-refractivity contribution in [2.24, 2.45) is 0 Å². The second-order valence-corrected chi connectivity index (χ2v) is 7.08. The smallest absolute Gasteiger partial charge is 0.338 e. The molecular weight excluding hydrogens is 382 g/mol. The highest BCUT2D eigenvalue weighted by molar-refractivity contribution is 6.01. The maximum Gasteiger partial charge on any atom is 0.338 e. The van der Waals surface area contributed by atoms with Gasteiger partial charge in [0.15, 0.2) is 6.10 Å². The van der Waals surface area contributed by atoms with Crippen LogP contribution in [-0.2, 0) is 17.8 Å². The first-order valence-corrected chi connectivity index (χ1v) is 9.87. The predicted octanol–water partition coefficient (Wildman–Crippen LogP) is 4.86. The van der Waals surface area contributed by atoms with Gasteiger partial charge in [-0.3, -0.25) is 4.79 Å². The van der Waals surface area contributed by atoms with Gasteiger partial charge in [0.25, 0.3) is 0 Å². The van der Waals surface area contributed by atoms with Crippen LogP contribution in [0.3, 0.4) is 0 Å². The van der Waals surface area contributed by atoms with Crippen LogP contribution >= 0.6 is 0 Å². The van der Waals surface area contributed by atoms with Gasteiger partial charge in [-0.1, -0.05) is 36.3 Å². The molecule has 0 aliphatic carbocycles. The van der Waals surface area contributed by atoms with Gasteiger partial charge >= 0.3 is 5.97 Å². The summed E-state index contributed by atoms with van der Waals surface area (Å²) in [5.74, 6) is 0.533. The molecule has 0 aliphatic heterocycles. The van der Waals surface area contributed by atoms with E-state index in [1.54, 1.807) is 43.3 Å². The fraction of sp³-hybridized carbons (Fsp3) is 0.292. The van der Waals surface area contributed by atoms with E-state index in [2.05, 4.69) is 5.16 Å². The van der Waals surface area contributed by atoms with Crippen LogP contribution in [0.25, 0.3) is 0 Å². The van der Waals surface area contributed by atoms with Crippen molar-refractivity contribution in [1.29, 1.82) is 0 Å². The van der Waals surface area contributed by atoms with E-state index in [4.69, 9.17) is 14.0 Å². The molecule has 0 saturated heterocycles. The van der Waals surface area contributed by atoms with Gasteiger partial charge in [-0.2, -0.15) is 0 Å². The standard InChI is InChI=1S/C24H25NO5/c1-5-18-6-8-19(9-7-18)23(26)17(4)29-24(27)20-10-12-21(13-11-20)28-14-22-15(2)25-30-16(22)3/h6-13,17H,5,14H2,1-4H3/t17-/m1/s1. The van der Waals surface area contributed by atoms with Crippen molar-refractivity contribution in [1.82, 2.24) is 5.16 Å². The van der Waals surface area contributed by atoms with Gasteiger partial charge in [-0.25, -0.2) is 4.79 Å². The highest BCUT2D eigenvalue weighted by Crippen LogP contribution is 2.19. The Kier molecular flexibility index (Phi) is 6.67. The van der Waals surface area contributed by atoms with Gasteiger partial charge in [0, 0.05) is 5.56 Å². The number of hydrogen-bond acceptors (Lipinski definition) is 6. The molecule has 0 saturated carbocycles. The van der Waals surface area contributed by atoms with Gasteiger partial charge in [-0.05, 0) is 57.0 Å². The molecule has 2 aromatic carbocycles. The van der Waals surface area contributed by atoms with Crippen molar-refractivity contribution < 1.29 is 23.6 Å². The first-order chi connectivity index (χ1) is 14.4. The third kappa shape index (κ3) is 4.95. The molecule has 156 valence electrons. The van der Waals surface area contributed by atoms with Crippen molar-refractivity contribution >= 4 is 11.8 Å². The maximum atomic E-state index is 12.5. The average molecular weight is 407 g/mol. The quantitative estimate of drug-likeness (QED) is 0.392. The molecule has 0 N–H and O–H groups in total. The zero-order chi connectivity index (χ0) is 21.7. The monoisotopic (exact) mass is 407 g/mol. The minimum atomic E-state index is -0.875. The van der Waals surface area contributed by atoms with Crippen LogP contribution in [0.15, 0.2) is 53.1 Å². The number of ketones is 1. The lowest BCUT2D eigenvalue weighted by Crippen LogP contribution is -2.24. The molecule has 3 rings (SSSR count). The average Bonchev–Trinajstić information content (AvgIpc) is 3.09. The van der Waals surface area contributed by atoms with Crippen LogP contribution in [0.2, 0.25) is 0 Å². The van der Waals surface area contributed by atoms with E-state index < -0.39 is 12.1 Å². The molecule has 0 amide bonds. The lowest BCUT2D eigenvalue weighted by molar-refractivity contribution is 0.0319. The van der Waals surface area contributed by atoms with Crippen molar-refractivity contribution in [3.63, 3.8) is 0 Å². The first kappa shape index (κ1) is 21.3. The Balaban J connectivity index is 1.57. The molecule has 0 aliphatic rings. The van der Waals surface area contributed by atoms with Crippen LogP contribution in [0.4, 0.5) is 0 Å². The topological polar surface area (TPSA) is 78.6 Å². The number of nitrogens with zero attached hydrogens (tertiary/aromatic N) is 1. The summed E-state index contributed by atoms with van der Waals surface area (Å²) in [5, 5.41) is 3.89. The second-order valence-electron chi connectivity index (χ2n) is 7.08. The maximum absolute atomic E-state index is 12.5. The third-order valence-electron chi connectivity index (χ3n) is 4.95. The minimum absolute atomic E-state index is 0.231. The van der Waals surface area contributed by atoms with Crippen LogP contribution < -0.4 is 4.74 Å². The van der Waals surface area contributed by atoms with E-state index in [-0.39, 0.29) is 5.78 Å². The predicted molar refractivity (Wildman–Crippen MR) is 112 cm³/mol. The third-order valence-corrected chi connectivity index (χ3v) is 4.95. The largest absolute Gasteiger partial charge is 0.489 e. The van der Waals surface area contributed by atoms with Gasteiger partial charge in [-0.15, -0.1) is 0 Å². The van der Waals surface area contributed by atoms with Gasteiger partial charge in [0.2, 0.25) is 5.78 Å². The molecule has 6 heteroatoms. The molecule has 0 fully saturated rings. The minimum Gasteiger partial charge on any atom is -0.489 e. The van der Waals surface area contributed by atoms with Crippen LogP contribution in [0.1, 0.15) is 57.1 Å². The summed E-state index contributed by atoms with van der Waals surface area (Å²) < 4.78 is 16.2. The summed E-state index contributed by atoms with van der Waals surface area (Å²) in [7, 11) is 0. The molecule has 0 radical (unpaired) electrons. The fourth-order valence-electron chi connectivity index (χ4n) is 2.97. The molecule has 0 unspecified atom stereocenters. The zero-order valence-corrected chi connectivity index (χ0v) is 17.6. The number of carbonyl (C=O) groups excluding carboxylic acids is 2. The summed E-state index contributed by atoms with van der Waals surface area (Å²) in [6.45, 7) is 7.64. The van der Waals surface area contributed by atoms with Crippen molar-refractivity contribution in [3.05, 3.63) is 82.2 Å². The van der Waals surface area contributed by atoms with E-state index in [0.29, 0.717) is 23.5 Å². The summed E-state index contributed by atoms with van der Waals surface area (Å²) in [4.78, 5) is 24.9. The molecule has 0 bridgehead atoms. The van der Waals surface area contributed by atoms with Gasteiger partial charge in [0.05, 0.1) is 16.8 Å². The Morgan fingerprint density at radius 3 is 2.20 bits per heavy atom. The van der Waals surface area contributed by atoms with E-state index in [9.17, 15) is 9.59 Å². The SMILES string of the molecule is CCc1ccc(C(=O)[C@@H](C)OC(=O)c2ccc(OCc3c(C)noc3C)cc2)cc1. The number of esters is 1. The number of aryl methyl sites for hydroxylation is 3. The summed E-state index contributed by atoms with van der Waals surface area (Å²) in [5.41, 5.74) is 3.71. The number of ether oxygens (including phenoxy) is 2. The van der Waals surface area contributed by atoms with E-state index >= 15 is 0 Å². The van der Waals surface area contributed by atoms with Gasteiger partial charge < -0.3 is 14.0 Å². The number of Topliss-reactive ketones (excluding diaryl/α,β-unsaturated/α-hetero) is 1.